The predicted molar refractivity (Wildman–Crippen MR) is 170 cm³/mol. The van der Waals surface area contributed by atoms with E-state index in [0.717, 1.165) is 30.3 Å². The Balaban J connectivity index is 1.43. The fourth-order valence-corrected chi connectivity index (χ4v) is 6.76. The average molecular weight is 711 g/mol. The molecule has 0 unspecified atom stereocenters. The van der Waals surface area contributed by atoms with Crippen LogP contribution in [-0.4, -0.2) is 54.0 Å². The minimum absolute atomic E-state index is 0.0672. The highest BCUT2D eigenvalue weighted by atomic mass is 32.2. The van der Waals surface area contributed by atoms with Crippen molar-refractivity contribution < 1.29 is 44.0 Å². The van der Waals surface area contributed by atoms with Crippen LogP contribution in [0.25, 0.3) is 32.6 Å². The summed E-state index contributed by atoms with van der Waals surface area (Å²) in [6.45, 7) is 0. The van der Waals surface area contributed by atoms with Crippen LogP contribution in [0.1, 0.15) is 0 Å². The van der Waals surface area contributed by atoms with Crippen molar-refractivity contribution in [2.24, 2.45) is 20.5 Å². The van der Waals surface area contributed by atoms with Gasteiger partial charge in [-0.2, -0.15) is 30.4 Å². The molecular weight excluding hydrogens is 693 g/mol. The van der Waals surface area contributed by atoms with E-state index in [9.17, 15) is 48.8 Å². The van der Waals surface area contributed by atoms with Crippen molar-refractivity contribution in [2.75, 3.05) is 0 Å². The number of aromatic nitrogens is 2. The highest BCUT2D eigenvalue weighted by Gasteiger charge is 2.22. The normalized spacial score (nSPS) is 13.0. The molecule has 0 saturated heterocycles. The molecule has 0 aliphatic rings. The molecule has 2 heterocycles. The topological polar surface area (TPSA) is 279 Å². The average Bonchev–Trinajstić information content (AvgIpc) is 3.01. The largest absolute Gasteiger partial charge is 0.505 e. The molecule has 2 aromatic heterocycles. The summed E-state index contributed by atoms with van der Waals surface area (Å²) in [6, 6.07) is 14.7. The second kappa shape index (κ2) is 11.6. The van der Waals surface area contributed by atoms with Gasteiger partial charge in [0.05, 0.1) is 27.3 Å². The lowest BCUT2D eigenvalue weighted by molar-refractivity contribution is 0.479. The van der Waals surface area contributed by atoms with Crippen molar-refractivity contribution in [3.05, 3.63) is 89.3 Å². The van der Waals surface area contributed by atoms with Gasteiger partial charge in [-0.25, -0.2) is 0 Å². The first-order chi connectivity index (χ1) is 22.5. The van der Waals surface area contributed by atoms with E-state index in [4.69, 9.17) is 0 Å². The summed E-state index contributed by atoms with van der Waals surface area (Å²) < 4.78 is 100. The van der Waals surface area contributed by atoms with Gasteiger partial charge in [0.1, 0.15) is 15.5 Å². The van der Waals surface area contributed by atoms with Crippen LogP contribution < -0.4 is 5.56 Å². The van der Waals surface area contributed by atoms with E-state index >= 15 is 0 Å². The maximum Gasteiger partial charge on any atom is 0.295 e. The summed E-state index contributed by atoms with van der Waals surface area (Å²) in [5.74, 6) is -0.701. The molecule has 5 N–H and O–H groups in total. The van der Waals surface area contributed by atoms with Crippen LogP contribution in [0.2, 0.25) is 0 Å². The number of azo groups is 2. The van der Waals surface area contributed by atoms with Crippen LogP contribution in [0.3, 0.4) is 0 Å². The fraction of sp³-hybridized carbons (Fsp3) is 0. The van der Waals surface area contributed by atoms with E-state index in [1.54, 1.807) is 12.1 Å². The third-order valence-electron chi connectivity index (χ3n) is 6.95. The van der Waals surface area contributed by atoms with Crippen molar-refractivity contribution >= 4 is 85.7 Å². The molecule has 6 aromatic rings. The number of nitrogens with one attached hydrogen (secondary N) is 1. The monoisotopic (exact) mass is 710 g/mol. The van der Waals surface area contributed by atoms with E-state index in [1.165, 1.54) is 36.5 Å². The fourth-order valence-electron chi connectivity index (χ4n) is 4.83. The first kappa shape index (κ1) is 32.4. The number of nitrogens with zero attached hydrogens (tertiary/aromatic N) is 5. The van der Waals surface area contributed by atoms with Gasteiger partial charge in [-0.1, -0.05) is 12.1 Å². The quantitative estimate of drug-likeness (QED) is 0.101. The maximum atomic E-state index is 12.7. The lowest BCUT2D eigenvalue weighted by Gasteiger charge is -2.09. The summed E-state index contributed by atoms with van der Waals surface area (Å²) in [6.07, 6.45) is 1.42. The Kier molecular flexibility index (Phi) is 7.86. The number of aromatic hydroxyl groups is 1. The Morgan fingerprint density at radius 3 is 2.02 bits per heavy atom. The highest BCUT2D eigenvalue weighted by Crippen LogP contribution is 2.38. The van der Waals surface area contributed by atoms with Crippen molar-refractivity contribution in [1.29, 1.82) is 0 Å². The Hall–Kier alpha value is -5.51. The number of hydrogen-bond donors (Lipinski definition) is 5. The van der Waals surface area contributed by atoms with E-state index in [0.29, 0.717) is 5.39 Å². The van der Waals surface area contributed by atoms with Crippen molar-refractivity contribution in [3.63, 3.8) is 0 Å². The molecule has 0 aliphatic carbocycles. The molecule has 0 fully saturated rings. The predicted octanol–water partition coefficient (Wildman–Crippen LogP) is 5.51. The van der Waals surface area contributed by atoms with Crippen LogP contribution in [0.5, 0.6) is 5.75 Å². The van der Waals surface area contributed by atoms with Crippen molar-refractivity contribution in [3.8, 4) is 5.75 Å². The van der Waals surface area contributed by atoms with Crippen molar-refractivity contribution in [2.45, 2.75) is 14.7 Å². The Bertz CT molecular complexity index is 2800. The number of hydrogen-bond acceptors (Lipinski definition) is 13. The molecule has 0 spiro atoms. The van der Waals surface area contributed by atoms with Gasteiger partial charge in [-0.05, 0) is 60.7 Å². The van der Waals surface area contributed by atoms with Crippen LogP contribution >= 0.6 is 0 Å². The molecule has 244 valence electrons. The first-order valence-corrected chi connectivity index (χ1v) is 17.4. The molecule has 4 aromatic carbocycles. The lowest BCUT2D eigenvalue weighted by Crippen LogP contribution is -2.06. The number of pyridine rings is 2. The van der Waals surface area contributed by atoms with Crippen LogP contribution in [-0.2, 0) is 30.4 Å². The molecular formula is C28H18N6O11S3. The van der Waals surface area contributed by atoms with E-state index < -0.39 is 62.0 Å². The summed E-state index contributed by atoms with van der Waals surface area (Å²) in [5.41, 5.74) is -1.11. The summed E-state index contributed by atoms with van der Waals surface area (Å²) in [5, 5.41) is 26.6. The zero-order valence-electron chi connectivity index (χ0n) is 23.6. The first-order valence-electron chi connectivity index (χ1n) is 13.1. The highest BCUT2D eigenvalue weighted by molar-refractivity contribution is 7.86. The minimum Gasteiger partial charge on any atom is -0.505 e. The minimum atomic E-state index is -4.89. The van der Waals surface area contributed by atoms with Gasteiger partial charge < -0.3 is 10.1 Å². The van der Waals surface area contributed by atoms with E-state index in [1.807, 2.05) is 0 Å². The van der Waals surface area contributed by atoms with Gasteiger partial charge in [0.2, 0.25) is 0 Å². The van der Waals surface area contributed by atoms with Gasteiger partial charge in [0.25, 0.3) is 35.9 Å². The summed E-state index contributed by atoms with van der Waals surface area (Å²) >= 11 is 0. The molecule has 17 nitrogen and oxygen atoms in total. The summed E-state index contributed by atoms with van der Waals surface area (Å²) in [7, 11) is -14.3. The number of rotatable bonds is 7. The molecule has 20 heteroatoms. The number of aromatic amines is 1. The molecule has 48 heavy (non-hydrogen) atoms. The number of H-pyrrole nitrogens is 1. The Morgan fingerprint density at radius 2 is 1.31 bits per heavy atom. The molecule has 0 saturated carbocycles. The van der Waals surface area contributed by atoms with Gasteiger partial charge >= 0.3 is 0 Å². The van der Waals surface area contributed by atoms with Crippen molar-refractivity contribution in [1.82, 2.24) is 9.97 Å². The number of fused-ring (bicyclic) bond motifs is 3. The number of benzene rings is 4. The second-order valence-corrected chi connectivity index (χ2v) is 14.2. The zero-order chi connectivity index (χ0) is 34.6. The third kappa shape index (κ3) is 6.13. The van der Waals surface area contributed by atoms with Crippen LogP contribution in [0.4, 0.5) is 22.7 Å². The maximum absolute atomic E-state index is 12.7. The summed E-state index contributed by atoms with van der Waals surface area (Å²) in [4.78, 5) is 17.5. The Labute approximate surface area is 269 Å². The van der Waals surface area contributed by atoms with Crippen LogP contribution in [0.15, 0.2) is 119 Å². The molecule has 0 amide bonds. The lowest BCUT2D eigenvalue weighted by atomic mass is 10.1. The molecule has 0 atom stereocenters. The SMILES string of the molecule is O=c1[nH]c2ccc(S(=O)(=O)O)cc2c(O)c1N=Nc1ccc(N=Nc2cc(S(=O)(=O)O)c3cccc(S(=O)(=O)O)c3c2)c2ncccc12. The molecule has 0 aliphatic heterocycles. The second-order valence-electron chi connectivity index (χ2n) is 9.98. The third-order valence-corrected chi connectivity index (χ3v) is 9.60. The van der Waals surface area contributed by atoms with Gasteiger partial charge in [-0.15, -0.1) is 15.3 Å². The molecule has 6 rings (SSSR count). The standard InChI is InChI=1S/C28H18N6O11S3/c35-27-19-13-15(46(37,38)39)6-7-20(19)30-28(36)26(27)34-32-21-8-9-22(25-17(21)4-2-10-29-25)33-31-14-11-18-16(24(12-14)48(43,44)45)3-1-5-23(18)47(40,41)42/h1-13H,(H2,30,35,36)(H,37,38,39)(H,40,41,42)(H,43,44,45). The zero-order valence-corrected chi connectivity index (χ0v) is 26.1. The smallest absolute Gasteiger partial charge is 0.295 e. The molecule has 0 bridgehead atoms. The van der Waals surface area contributed by atoms with Crippen LogP contribution in [0, 0.1) is 0 Å². The molecule has 0 radical (unpaired) electrons. The van der Waals surface area contributed by atoms with Gasteiger partial charge in [-0.3, -0.25) is 23.4 Å². The van der Waals surface area contributed by atoms with E-state index in [2.05, 4.69) is 30.4 Å². The van der Waals surface area contributed by atoms with Gasteiger partial charge in [0, 0.05) is 27.7 Å². The van der Waals surface area contributed by atoms with Gasteiger partial charge in [0.15, 0.2) is 11.4 Å². The Morgan fingerprint density at radius 1 is 0.625 bits per heavy atom. The van der Waals surface area contributed by atoms with E-state index in [-0.39, 0.29) is 44.3 Å².